The first-order chi connectivity index (χ1) is 6.60. The molecule has 76 valence electrons. The predicted octanol–water partition coefficient (Wildman–Crippen LogP) is 2.60. The van der Waals surface area contributed by atoms with Crippen molar-refractivity contribution < 1.29 is 14.6 Å². The Hall–Kier alpha value is -1.03. The molecular formula is C10H11BrO3. The zero-order valence-corrected chi connectivity index (χ0v) is 9.59. The van der Waals surface area contributed by atoms with Gasteiger partial charge in [0, 0.05) is 5.33 Å². The highest BCUT2D eigenvalue weighted by atomic mass is 79.9. The molecule has 0 saturated heterocycles. The van der Waals surface area contributed by atoms with Gasteiger partial charge in [-0.2, -0.15) is 0 Å². The summed E-state index contributed by atoms with van der Waals surface area (Å²) in [7, 11) is 1.47. The molecule has 0 atom stereocenters. The molecule has 1 N–H and O–H groups in total. The fourth-order valence-electron chi connectivity index (χ4n) is 1.34. The summed E-state index contributed by atoms with van der Waals surface area (Å²) in [6.45, 7) is 1.76. The second-order valence-electron chi connectivity index (χ2n) is 2.93. The number of benzene rings is 1. The van der Waals surface area contributed by atoms with Gasteiger partial charge in [0.25, 0.3) is 0 Å². The molecule has 1 rings (SSSR count). The standard InChI is InChI=1S/C10H11BrO3/c1-6-3-7(5-11)4-8(14-2)9(6)10(12)13/h3-4H,5H2,1-2H3,(H,12,13). The number of carboxylic acid groups (broad SMARTS) is 1. The highest BCUT2D eigenvalue weighted by molar-refractivity contribution is 9.08. The number of aryl methyl sites for hydroxylation is 1. The molecule has 0 saturated carbocycles. The third-order valence-corrected chi connectivity index (χ3v) is 2.59. The summed E-state index contributed by atoms with van der Waals surface area (Å²) in [6, 6.07) is 3.56. The van der Waals surface area contributed by atoms with E-state index in [0.717, 1.165) is 5.56 Å². The van der Waals surface area contributed by atoms with E-state index >= 15 is 0 Å². The van der Waals surface area contributed by atoms with Crippen LogP contribution >= 0.6 is 15.9 Å². The second-order valence-corrected chi connectivity index (χ2v) is 3.49. The number of alkyl halides is 1. The Morgan fingerprint density at radius 2 is 2.21 bits per heavy atom. The first kappa shape index (κ1) is 11.0. The van der Waals surface area contributed by atoms with Gasteiger partial charge in [-0.25, -0.2) is 4.79 Å². The van der Waals surface area contributed by atoms with Gasteiger partial charge >= 0.3 is 5.97 Å². The molecular weight excluding hydrogens is 248 g/mol. The molecule has 0 bridgehead atoms. The molecule has 0 unspecified atom stereocenters. The van der Waals surface area contributed by atoms with Gasteiger partial charge in [-0.05, 0) is 24.1 Å². The van der Waals surface area contributed by atoms with Crippen LogP contribution in [-0.4, -0.2) is 18.2 Å². The van der Waals surface area contributed by atoms with E-state index in [-0.39, 0.29) is 5.56 Å². The van der Waals surface area contributed by atoms with E-state index in [0.29, 0.717) is 16.6 Å². The lowest BCUT2D eigenvalue weighted by Crippen LogP contribution is -2.04. The monoisotopic (exact) mass is 258 g/mol. The Morgan fingerprint density at radius 3 is 2.64 bits per heavy atom. The lowest BCUT2D eigenvalue weighted by molar-refractivity contribution is 0.0692. The van der Waals surface area contributed by atoms with Gasteiger partial charge in [0.2, 0.25) is 0 Å². The van der Waals surface area contributed by atoms with Crippen LogP contribution in [0.4, 0.5) is 0 Å². The van der Waals surface area contributed by atoms with Crippen LogP contribution in [0, 0.1) is 6.92 Å². The summed E-state index contributed by atoms with van der Waals surface area (Å²) in [5.41, 5.74) is 1.95. The number of carbonyl (C=O) groups is 1. The van der Waals surface area contributed by atoms with Crippen molar-refractivity contribution in [1.82, 2.24) is 0 Å². The number of methoxy groups -OCH3 is 1. The van der Waals surface area contributed by atoms with Crippen LogP contribution < -0.4 is 4.74 Å². The van der Waals surface area contributed by atoms with E-state index in [1.54, 1.807) is 13.0 Å². The van der Waals surface area contributed by atoms with Crippen molar-refractivity contribution in [2.75, 3.05) is 7.11 Å². The quantitative estimate of drug-likeness (QED) is 0.848. The summed E-state index contributed by atoms with van der Waals surface area (Å²) in [5, 5.41) is 9.63. The molecule has 0 aliphatic rings. The van der Waals surface area contributed by atoms with Crippen LogP contribution in [0.3, 0.4) is 0 Å². The Kier molecular flexibility index (Phi) is 3.52. The minimum absolute atomic E-state index is 0.234. The van der Waals surface area contributed by atoms with Gasteiger partial charge in [0.05, 0.1) is 7.11 Å². The maximum atomic E-state index is 10.9. The van der Waals surface area contributed by atoms with Gasteiger partial charge in [0.15, 0.2) is 0 Å². The first-order valence-corrected chi connectivity index (χ1v) is 5.19. The van der Waals surface area contributed by atoms with Gasteiger partial charge in [0.1, 0.15) is 11.3 Å². The SMILES string of the molecule is COc1cc(CBr)cc(C)c1C(=O)O. The van der Waals surface area contributed by atoms with Crippen molar-refractivity contribution in [2.24, 2.45) is 0 Å². The maximum Gasteiger partial charge on any atom is 0.339 e. The third-order valence-electron chi connectivity index (χ3n) is 1.95. The van der Waals surface area contributed by atoms with Crippen LogP contribution in [0.25, 0.3) is 0 Å². The summed E-state index contributed by atoms with van der Waals surface area (Å²) in [5.74, 6) is -0.549. The molecule has 0 amide bonds. The smallest absolute Gasteiger partial charge is 0.339 e. The summed E-state index contributed by atoms with van der Waals surface area (Å²) in [4.78, 5) is 10.9. The first-order valence-electron chi connectivity index (χ1n) is 4.07. The zero-order valence-electron chi connectivity index (χ0n) is 8.00. The van der Waals surface area contributed by atoms with E-state index in [1.807, 2.05) is 6.07 Å². The lowest BCUT2D eigenvalue weighted by Gasteiger charge is -2.09. The number of ether oxygens (including phenoxy) is 1. The van der Waals surface area contributed by atoms with Crippen molar-refractivity contribution in [1.29, 1.82) is 0 Å². The average Bonchev–Trinajstić information content (AvgIpc) is 2.15. The molecule has 0 spiro atoms. The summed E-state index contributed by atoms with van der Waals surface area (Å²) >= 11 is 3.31. The molecule has 0 heterocycles. The van der Waals surface area contributed by atoms with Crippen LogP contribution in [-0.2, 0) is 5.33 Å². The molecule has 3 nitrogen and oxygen atoms in total. The third kappa shape index (κ3) is 2.07. The van der Waals surface area contributed by atoms with Gasteiger partial charge in [-0.1, -0.05) is 22.0 Å². The Balaban J connectivity index is 3.34. The Morgan fingerprint density at radius 1 is 1.57 bits per heavy atom. The van der Waals surface area contributed by atoms with E-state index in [9.17, 15) is 4.79 Å². The van der Waals surface area contributed by atoms with Crippen molar-refractivity contribution in [2.45, 2.75) is 12.3 Å². The van der Waals surface area contributed by atoms with Crippen molar-refractivity contribution in [3.05, 3.63) is 28.8 Å². The number of hydrogen-bond donors (Lipinski definition) is 1. The molecule has 0 aliphatic carbocycles. The molecule has 0 fully saturated rings. The predicted molar refractivity (Wildman–Crippen MR) is 57.3 cm³/mol. The van der Waals surface area contributed by atoms with Crippen LogP contribution in [0.1, 0.15) is 21.5 Å². The van der Waals surface area contributed by atoms with Gasteiger partial charge < -0.3 is 9.84 Å². The Bertz CT molecular complexity index is 361. The molecule has 14 heavy (non-hydrogen) atoms. The molecule has 1 aromatic rings. The number of halogens is 1. The second kappa shape index (κ2) is 4.46. The highest BCUT2D eigenvalue weighted by Gasteiger charge is 2.14. The maximum absolute atomic E-state index is 10.9. The van der Waals surface area contributed by atoms with Crippen molar-refractivity contribution in [3.63, 3.8) is 0 Å². The van der Waals surface area contributed by atoms with Gasteiger partial charge in [-0.15, -0.1) is 0 Å². The topological polar surface area (TPSA) is 46.5 Å². The molecule has 0 radical (unpaired) electrons. The molecule has 4 heteroatoms. The van der Waals surface area contributed by atoms with Crippen molar-refractivity contribution >= 4 is 21.9 Å². The normalized spacial score (nSPS) is 9.93. The average molecular weight is 259 g/mol. The number of aromatic carboxylic acids is 1. The molecule has 1 aromatic carbocycles. The number of rotatable bonds is 3. The summed E-state index contributed by atoms with van der Waals surface area (Å²) < 4.78 is 5.03. The van der Waals surface area contributed by atoms with Crippen LogP contribution in [0.5, 0.6) is 5.75 Å². The van der Waals surface area contributed by atoms with E-state index in [1.165, 1.54) is 7.11 Å². The molecule has 0 aliphatic heterocycles. The minimum atomic E-state index is -0.958. The van der Waals surface area contributed by atoms with Crippen molar-refractivity contribution in [3.8, 4) is 5.75 Å². The number of hydrogen-bond acceptors (Lipinski definition) is 2. The zero-order chi connectivity index (χ0) is 10.7. The Labute approximate surface area is 90.8 Å². The number of carboxylic acids is 1. The van der Waals surface area contributed by atoms with Gasteiger partial charge in [-0.3, -0.25) is 0 Å². The van der Waals surface area contributed by atoms with Crippen LogP contribution in [0.15, 0.2) is 12.1 Å². The largest absolute Gasteiger partial charge is 0.496 e. The highest BCUT2D eigenvalue weighted by Crippen LogP contribution is 2.25. The fourth-order valence-corrected chi connectivity index (χ4v) is 1.66. The van der Waals surface area contributed by atoms with E-state index in [4.69, 9.17) is 9.84 Å². The van der Waals surface area contributed by atoms with E-state index in [2.05, 4.69) is 15.9 Å². The fraction of sp³-hybridized carbons (Fsp3) is 0.300. The molecule has 0 aromatic heterocycles. The summed E-state index contributed by atoms with van der Waals surface area (Å²) in [6.07, 6.45) is 0. The minimum Gasteiger partial charge on any atom is -0.496 e. The van der Waals surface area contributed by atoms with Crippen LogP contribution in [0.2, 0.25) is 0 Å². The lowest BCUT2D eigenvalue weighted by atomic mass is 10.0. The van der Waals surface area contributed by atoms with E-state index < -0.39 is 5.97 Å².